The second kappa shape index (κ2) is 7.76. The second-order valence-corrected chi connectivity index (χ2v) is 6.61. The summed E-state index contributed by atoms with van der Waals surface area (Å²) >= 11 is 6.22. The van der Waals surface area contributed by atoms with Crippen LogP contribution in [0.2, 0.25) is 5.02 Å². The summed E-state index contributed by atoms with van der Waals surface area (Å²) in [5.74, 6) is 0.259. The highest BCUT2D eigenvalue weighted by Gasteiger charge is 2.14. The number of rotatable bonds is 5. The van der Waals surface area contributed by atoms with Crippen molar-refractivity contribution in [2.75, 3.05) is 12.4 Å². The summed E-state index contributed by atoms with van der Waals surface area (Å²) in [6.45, 7) is -0.184. The van der Waals surface area contributed by atoms with Crippen molar-refractivity contribution in [1.82, 2.24) is 19.3 Å². The van der Waals surface area contributed by atoms with Crippen molar-refractivity contribution < 1.29 is 9.53 Å². The Morgan fingerprint density at radius 3 is 2.83 bits per heavy atom. The normalized spacial score (nSPS) is 10.8. The second-order valence-electron chi connectivity index (χ2n) is 6.20. The van der Waals surface area contributed by atoms with Crippen LogP contribution in [0, 0.1) is 0 Å². The van der Waals surface area contributed by atoms with Gasteiger partial charge in [0.2, 0.25) is 5.91 Å². The molecule has 1 amide bonds. The van der Waals surface area contributed by atoms with Crippen LogP contribution in [0.1, 0.15) is 0 Å². The molecule has 4 aromatic rings. The van der Waals surface area contributed by atoms with E-state index in [1.165, 1.54) is 21.8 Å². The number of aromatic nitrogens is 4. The van der Waals surface area contributed by atoms with Crippen LogP contribution in [0.15, 0.2) is 65.8 Å². The summed E-state index contributed by atoms with van der Waals surface area (Å²) < 4.78 is 7.87. The Bertz CT molecular complexity index is 1260. The number of amides is 1. The van der Waals surface area contributed by atoms with E-state index in [4.69, 9.17) is 16.3 Å². The Balaban J connectivity index is 1.61. The quantitative estimate of drug-likeness (QED) is 0.547. The molecule has 2 aromatic heterocycles. The molecule has 9 heteroatoms. The average Bonchev–Trinajstić information content (AvgIpc) is 3.15. The third kappa shape index (κ3) is 3.70. The molecule has 0 atom stereocenters. The molecule has 0 fully saturated rings. The molecule has 29 heavy (non-hydrogen) atoms. The number of nitrogens with one attached hydrogen (secondary N) is 1. The SMILES string of the molecule is COc1cccc(NC(=O)Cn2cnc3c(cnn3-c3ccccc3Cl)c2=O)c1. The van der Waals surface area contributed by atoms with Crippen LogP contribution >= 0.6 is 11.6 Å². The van der Waals surface area contributed by atoms with Crippen molar-refractivity contribution in [2.45, 2.75) is 6.54 Å². The van der Waals surface area contributed by atoms with Crippen LogP contribution in [0.3, 0.4) is 0 Å². The number of anilines is 1. The summed E-state index contributed by atoms with van der Waals surface area (Å²) in [4.78, 5) is 29.5. The van der Waals surface area contributed by atoms with Crippen molar-refractivity contribution >= 4 is 34.2 Å². The van der Waals surface area contributed by atoms with E-state index >= 15 is 0 Å². The maximum atomic E-state index is 12.8. The highest BCUT2D eigenvalue weighted by molar-refractivity contribution is 6.32. The molecule has 0 saturated carbocycles. The molecule has 8 nitrogen and oxygen atoms in total. The Hall–Kier alpha value is -3.65. The first-order valence-corrected chi connectivity index (χ1v) is 9.06. The molecule has 0 aliphatic rings. The maximum Gasteiger partial charge on any atom is 0.264 e. The van der Waals surface area contributed by atoms with E-state index in [0.29, 0.717) is 33.2 Å². The lowest BCUT2D eigenvalue weighted by Gasteiger charge is -2.09. The van der Waals surface area contributed by atoms with Gasteiger partial charge in [0, 0.05) is 11.8 Å². The summed E-state index contributed by atoms with van der Waals surface area (Å²) in [5.41, 5.74) is 1.19. The van der Waals surface area contributed by atoms with Crippen molar-refractivity contribution in [3.63, 3.8) is 0 Å². The summed E-state index contributed by atoms with van der Waals surface area (Å²) in [5, 5.41) is 7.75. The van der Waals surface area contributed by atoms with Crippen molar-refractivity contribution in [1.29, 1.82) is 0 Å². The number of para-hydroxylation sites is 1. The van der Waals surface area contributed by atoms with Gasteiger partial charge in [0.1, 0.15) is 24.0 Å². The van der Waals surface area contributed by atoms with Crippen molar-refractivity contribution in [2.24, 2.45) is 0 Å². The number of carbonyl (C=O) groups is 1. The van der Waals surface area contributed by atoms with Crippen LogP contribution in [0.4, 0.5) is 5.69 Å². The lowest BCUT2D eigenvalue weighted by atomic mass is 10.3. The molecule has 146 valence electrons. The lowest BCUT2D eigenvalue weighted by molar-refractivity contribution is -0.116. The molecule has 0 aliphatic carbocycles. The number of halogens is 1. The molecular formula is C20H16ClN5O3. The van der Waals surface area contributed by atoms with Gasteiger partial charge >= 0.3 is 0 Å². The first-order chi connectivity index (χ1) is 14.1. The monoisotopic (exact) mass is 409 g/mol. The minimum absolute atomic E-state index is 0.184. The smallest absolute Gasteiger partial charge is 0.264 e. The van der Waals surface area contributed by atoms with Crippen LogP contribution in [-0.4, -0.2) is 32.3 Å². The third-order valence-corrected chi connectivity index (χ3v) is 4.62. The molecule has 0 radical (unpaired) electrons. The van der Waals surface area contributed by atoms with Crippen LogP contribution in [0.25, 0.3) is 16.7 Å². The molecule has 4 rings (SSSR count). The highest BCUT2D eigenvalue weighted by Crippen LogP contribution is 2.21. The zero-order valence-electron chi connectivity index (χ0n) is 15.4. The highest BCUT2D eigenvalue weighted by atomic mass is 35.5. The maximum absolute atomic E-state index is 12.8. The molecule has 2 heterocycles. The Morgan fingerprint density at radius 1 is 1.21 bits per heavy atom. The number of hydrogen-bond acceptors (Lipinski definition) is 5. The summed E-state index contributed by atoms with van der Waals surface area (Å²) in [6, 6.07) is 14.1. The zero-order valence-corrected chi connectivity index (χ0v) is 16.1. The lowest BCUT2D eigenvalue weighted by Crippen LogP contribution is -2.27. The first-order valence-electron chi connectivity index (χ1n) is 8.69. The Kier molecular flexibility index (Phi) is 5.01. The minimum atomic E-state index is -0.367. The van der Waals surface area contributed by atoms with E-state index in [0.717, 1.165) is 0 Å². The minimum Gasteiger partial charge on any atom is -0.497 e. The fourth-order valence-corrected chi connectivity index (χ4v) is 3.13. The predicted octanol–water partition coefficient (Wildman–Crippen LogP) is 2.88. The molecule has 0 saturated heterocycles. The van der Waals surface area contributed by atoms with Gasteiger partial charge < -0.3 is 10.1 Å². The summed E-state index contributed by atoms with van der Waals surface area (Å²) in [7, 11) is 1.55. The van der Waals surface area contributed by atoms with Gasteiger partial charge in [-0.25, -0.2) is 9.67 Å². The molecule has 1 N–H and O–H groups in total. The molecule has 0 bridgehead atoms. The standard InChI is InChI=1S/C20H16ClN5O3/c1-29-14-6-4-5-13(9-14)24-18(27)11-25-12-22-19-15(20(25)28)10-23-26(19)17-8-3-2-7-16(17)21/h2-10,12H,11H2,1H3,(H,24,27). The van der Waals surface area contributed by atoms with E-state index in [1.54, 1.807) is 49.6 Å². The number of carbonyl (C=O) groups excluding carboxylic acids is 1. The topological polar surface area (TPSA) is 91.0 Å². The van der Waals surface area contributed by atoms with E-state index in [2.05, 4.69) is 15.4 Å². The number of nitrogens with zero attached hydrogens (tertiary/aromatic N) is 4. The van der Waals surface area contributed by atoms with Gasteiger partial charge in [0.25, 0.3) is 5.56 Å². The summed E-state index contributed by atoms with van der Waals surface area (Å²) in [6.07, 6.45) is 2.75. The van der Waals surface area contributed by atoms with Gasteiger partial charge in [0.05, 0.1) is 24.0 Å². The van der Waals surface area contributed by atoms with Crippen molar-refractivity contribution in [3.05, 3.63) is 76.4 Å². The first kappa shape index (κ1) is 18.7. The van der Waals surface area contributed by atoms with Crippen LogP contribution in [-0.2, 0) is 11.3 Å². The number of hydrogen-bond donors (Lipinski definition) is 1. The number of fused-ring (bicyclic) bond motifs is 1. The van der Waals surface area contributed by atoms with Gasteiger partial charge in [-0.15, -0.1) is 0 Å². The molecule has 0 aliphatic heterocycles. The van der Waals surface area contributed by atoms with Gasteiger partial charge in [-0.3, -0.25) is 14.2 Å². The van der Waals surface area contributed by atoms with Gasteiger partial charge in [-0.1, -0.05) is 29.8 Å². The third-order valence-electron chi connectivity index (χ3n) is 4.30. The van der Waals surface area contributed by atoms with E-state index in [1.807, 2.05) is 6.07 Å². The largest absolute Gasteiger partial charge is 0.497 e. The van der Waals surface area contributed by atoms with Crippen LogP contribution < -0.4 is 15.6 Å². The van der Waals surface area contributed by atoms with Crippen LogP contribution in [0.5, 0.6) is 5.75 Å². The molecule has 0 unspecified atom stereocenters. The van der Waals surface area contributed by atoms with Crippen molar-refractivity contribution in [3.8, 4) is 11.4 Å². The van der Waals surface area contributed by atoms with E-state index < -0.39 is 0 Å². The molecular weight excluding hydrogens is 394 g/mol. The molecule has 2 aromatic carbocycles. The fraction of sp³-hybridized carbons (Fsp3) is 0.100. The van der Waals surface area contributed by atoms with E-state index in [-0.39, 0.29) is 18.0 Å². The Morgan fingerprint density at radius 2 is 2.03 bits per heavy atom. The van der Waals surface area contributed by atoms with Gasteiger partial charge in [-0.2, -0.15) is 5.10 Å². The Labute approximate surface area is 170 Å². The molecule has 0 spiro atoms. The van der Waals surface area contributed by atoms with Gasteiger partial charge in [-0.05, 0) is 24.3 Å². The number of methoxy groups -OCH3 is 1. The predicted molar refractivity (Wildman–Crippen MR) is 110 cm³/mol. The number of ether oxygens (including phenoxy) is 1. The van der Waals surface area contributed by atoms with Gasteiger partial charge in [0.15, 0.2) is 5.65 Å². The number of benzene rings is 2. The zero-order chi connectivity index (χ0) is 20.4. The van der Waals surface area contributed by atoms with E-state index in [9.17, 15) is 9.59 Å². The fourth-order valence-electron chi connectivity index (χ4n) is 2.92. The average molecular weight is 410 g/mol.